The van der Waals surface area contributed by atoms with Crippen molar-refractivity contribution in [2.75, 3.05) is 12.4 Å². The molecule has 2 amide bonds. The molecule has 1 heterocycles. The van der Waals surface area contributed by atoms with Crippen molar-refractivity contribution in [3.8, 4) is 0 Å². The maximum Gasteiger partial charge on any atom is 0.410 e. The molecule has 7 nitrogen and oxygen atoms in total. The third-order valence-electron chi connectivity index (χ3n) is 4.64. The molecule has 3 aromatic rings. The molecule has 0 aliphatic rings. The molecule has 1 aromatic heterocycles. The molecular formula is C24H27N3O4. The summed E-state index contributed by atoms with van der Waals surface area (Å²) in [5.41, 5.74) is 2.52. The van der Waals surface area contributed by atoms with Crippen LogP contribution in [-0.4, -0.2) is 40.3 Å². The SMILES string of the molecule is Cc1[nH]c2ccccc2c1C(=O)C(=O)Nc1cccc(CN(C)C(=O)OC(C)(C)C)c1. The summed E-state index contributed by atoms with van der Waals surface area (Å²) in [5, 5.41) is 3.38. The van der Waals surface area contributed by atoms with E-state index in [0.29, 0.717) is 28.9 Å². The van der Waals surface area contributed by atoms with Crippen LogP contribution in [-0.2, 0) is 16.1 Å². The number of hydrogen-bond donors (Lipinski definition) is 2. The van der Waals surface area contributed by atoms with E-state index in [9.17, 15) is 14.4 Å². The van der Waals surface area contributed by atoms with Crippen LogP contribution in [0.15, 0.2) is 48.5 Å². The smallest absolute Gasteiger partial charge is 0.410 e. The number of rotatable bonds is 5. The van der Waals surface area contributed by atoms with E-state index < -0.39 is 23.4 Å². The Labute approximate surface area is 181 Å². The van der Waals surface area contributed by atoms with Crippen molar-refractivity contribution in [3.63, 3.8) is 0 Å². The van der Waals surface area contributed by atoms with E-state index in [4.69, 9.17) is 4.74 Å². The fraction of sp³-hybridized carbons (Fsp3) is 0.292. The van der Waals surface area contributed by atoms with Crippen molar-refractivity contribution in [1.29, 1.82) is 0 Å². The number of anilines is 1. The third-order valence-corrected chi connectivity index (χ3v) is 4.64. The van der Waals surface area contributed by atoms with E-state index in [0.717, 1.165) is 11.1 Å². The largest absolute Gasteiger partial charge is 0.444 e. The lowest BCUT2D eigenvalue weighted by atomic mass is 10.1. The van der Waals surface area contributed by atoms with Gasteiger partial charge in [0.1, 0.15) is 5.60 Å². The van der Waals surface area contributed by atoms with Gasteiger partial charge in [-0.05, 0) is 51.5 Å². The fourth-order valence-electron chi connectivity index (χ4n) is 3.30. The summed E-state index contributed by atoms with van der Waals surface area (Å²) in [5.74, 6) is -1.32. The molecule has 0 saturated carbocycles. The van der Waals surface area contributed by atoms with Crippen molar-refractivity contribution < 1.29 is 19.1 Å². The van der Waals surface area contributed by atoms with E-state index in [1.807, 2.05) is 30.3 Å². The molecule has 0 fully saturated rings. The highest BCUT2D eigenvalue weighted by Crippen LogP contribution is 2.23. The van der Waals surface area contributed by atoms with Gasteiger partial charge in [0.15, 0.2) is 0 Å². The molecule has 2 aromatic carbocycles. The monoisotopic (exact) mass is 421 g/mol. The first-order chi connectivity index (χ1) is 14.5. The van der Waals surface area contributed by atoms with Crippen LogP contribution in [0.5, 0.6) is 0 Å². The Hall–Kier alpha value is -3.61. The maximum atomic E-state index is 12.8. The molecule has 0 unspecified atom stereocenters. The molecule has 0 atom stereocenters. The van der Waals surface area contributed by atoms with Crippen molar-refractivity contribution in [2.45, 2.75) is 39.8 Å². The number of aryl methyl sites for hydroxylation is 1. The van der Waals surface area contributed by atoms with Crippen molar-refractivity contribution in [2.24, 2.45) is 0 Å². The Morgan fingerprint density at radius 2 is 1.77 bits per heavy atom. The van der Waals surface area contributed by atoms with Gasteiger partial charge in [0, 0.05) is 35.9 Å². The van der Waals surface area contributed by atoms with Gasteiger partial charge in [0.05, 0.1) is 5.56 Å². The number of nitrogens with one attached hydrogen (secondary N) is 2. The zero-order chi connectivity index (χ0) is 22.8. The molecule has 0 aliphatic carbocycles. The number of H-pyrrole nitrogens is 1. The van der Waals surface area contributed by atoms with Crippen molar-refractivity contribution in [3.05, 3.63) is 65.4 Å². The predicted molar refractivity (Wildman–Crippen MR) is 120 cm³/mol. The summed E-state index contributed by atoms with van der Waals surface area (Å²) in [6.07, 6.45) is -0.438. The number of amides is 2. The Balaban J connectivity index is 1.72. The Kier molecular flexibility index (Phi) is 6.15. The topological polar surface area (TPSA) is 91.5 Å². The van der Waals surface area contributed by atoms with Crippen LogP contribution in [0.3, 0.4) is 0 Å². The predicted octanol–water partition coefficient (Wildman–Crippen LogP) is 4.66. The number of fused-ring (bicyclic) bond motifs is 1. The lowest BCUT2D eigenvalue weighted by Crippen LogP contribution is -2.33. The number of benzene rings is 2. The van der Waals surface area contributed by atoms with Gasteiger partial charge in [-0.1, -0.05) is 30.3 Å². The Bertz CT molecular complexity index is 1140. The minimum absolute atomic E-state index is 0.300. The number of ether oxygens (including phenoxy) is 1. The minimum Gasteiger partial charge on any atom is -0.444 e. The van der Waals surface area contributed by atoms with Gasteiger partial charge in [-0.3, -0.25) is 9.59 Å². The van der Waals surface area contributed by atoms with Gasteiger partial charge in [-0.15, -0.1) is 0 Å². The molecule has 31 heavy (non-hydrogen) atoms. The second-order valence-electron chi connectivity index (χ2n) is 8.49. The number of nitrogens with zero attached hydrogens (tertiary/aromatic N) is 1. The first-order valence-electron chi connectivity index (χ1n) is 10.0. The Morgan fingerprint density at radius 1 is 1.06 bits per heavy atom. The van der Waals surface area contributed by atoms with Crippen LogP contribution < -0.4 is 5.32 Å². The molecule has 0 saturated heterocycles. The summed E-state index contributed by atoms with van der Waals surface area (Å²) in [6, 6.07) is 14.4. The van der Waals surface area contributed by atoms with E-state index in [2.05, 4.69) is 10.3 Å². The van der Waals surface area contributed by atoms with Crippen LogP contribution in [0, 0.1) is 6.92 Å². The zero-order valence-electron chi connectivity index (χ0n) is 18.4. The summed E-state index contributed by atoms with van der Waals surface area (Å²) in [6.45, 7) is 7.49. The average Bonchev–Trinajstić information content (AvgIpc) is 3.02. The summed E-state index contributed by atoms with van der Waals surface area (Å²) in [7, 11) is 1.64. The van der Waals surface area contributed by atoms with Gasteiger partial charge in [0.2, 0.25) is 0 Å². The second-order valence-corrected chi connectivity index (χ2v) is 8.49. The number of aromatic amines is 1. The first kappa shape index (κ1) is 22.1. The van der Waals surface area contributed by atoms with E-state index in [-0.39, 0.29) is 0 Å². The molecule has 7 heteroatoms. The van der Waals surface area contributed by atoms with Crippen LogP contribution >= 0.6 is 0 Å². The van der Waals surface area contributed by atoms with Crippen LogP contribution in [0.25, 0.3) is 10.9 Å². The maximum absolute atomic E-state index is 12.8. The van der Waals surface area contributed by atoms with Gasteiger partial charge < -0.3 is 19.9 Å². The van der Waals surface area contributed by atoms with E-state index in [1.165, 1.54) is 4.90 Å². The number of carbonyl (C=O) groups excluding carboxylic acids is 3. The minimum atomic E-state index is -0.717. The van der Waals surface area contributed by atoms with Gasteiger partial charge in [0.25, 0.3) is 11.7 Å². The third kappa shape index (κ3) is 5.31. The molecular weight excluding hydrogens is 394 g/mol. The number of ketones is 1. The van der Waals surface area contributed by atoms with Gasteiger partial charge >= 0.3 is 6.09 Å². The highest BCUT2D eigenvalue weighted by molar-refractivity contribution is 6.48. The lowest BCUT2D eigenvalue weighted by molar-refractivity contribution is -0.112. The first-order valence-corrected chi connectivity index (χ1v) is 10.0. The van der Waals surface area contributed by atoms with Crippen LogP contribution in [0.4, 0.5) is 10.5 Å². The van der Waals surface area contributed by atoms with E-state index >= 15 is 0 Å². The standard InChI is InChI=1S/C24H27N3O4/c1-15-20(18-11-6-7-12-19(18)25-15)21(28)22(29)26-17-10-8-9-16(13-17)14-27(5)23(30)31-24(2,3)4/h6-13,25H,14H2,1-5H3,(H,26,29). The number of para-hydroxylation sites is 1. The molecule has 3 rings (SSSR count). The highest BCUT2D eigenvalue weighted by Gasteiger charge is 2.23. The number of carbonyl (C=O) groups is 3. The highest BCUT2D eigenvalue weighted by atomic mass is 16.6. The normalized spacial score (nSPS) is 11.3. The average molecular weight is 421 g/mol. The van der Waals surface area contributed by atoms with Crippen molar-refractivity contribution in [1.82, 2.24) is 9.88 Å². The van der Waals surface area contributed by atoms with E-state index in [1.54, 1.807) is 52.9 Å². The quantitative estimate of drug-likeness (QED) is 0.463. The second kappa shape index (κ2) is 8.63. The van der Waals surface area contributed by atoms with Gasteiger partial charge in [-0.2, -0.15) is 0 Å². The van der Waals surface area contributed by atoms with Crippen molar-refractivity contribution >= 4 is 34.4 Å². The molecule has 2 N–H and O–H groups in total. The molecule has 0 radical (unpaired) electrons. The lowest BCUT2D eigenvalue weighted by Gasteiger charge is -2.24. The molecule has 0 bridgehead atoms. The summed E-state index contributed by atoms with van der Waals surface area (Å²) < 4.78 is 5.36. The number of aromatic nitrogens is 1. The van der Waals surface area contributed by atoms with Crippen LogP contribution in [0.1, 0.15) is 42.4 Å². The molecule has 162 valence electrons. The number of hydrogen-bond acceptors (Lipinski definition) is 4. The fourth-order valence-corrected chi connectivity index (χ4v) is 3.30. The van der Waals surface area contributed by atoms with Gasteiger partial charge in [-0.25, -0.2) is 4.79 Å². The molecule has 0 aliphatic heterocycles. The molecule has 0 spiro atoms. The Morgan fingerprint density at radius 3 is 2.48 bits per heavy atom. The summed E-state index contributed by atoms with van der Waals surface area (Å²) in [4.78, 5) is 42.2. The van der Waals surface area contributed by atoms with Crippen LogP contribution in [0.2, 0.25) is 0 Å². The zero-order valence-corrected chi connectivity index (χ0v) is 18.4. The number of Topliss-reactive ketones (excluding diaryl/α,β-unsaturated/α-hetero) is 1. The summed E-state index contributed by atoms with van der Waals surface area (Å²) >= 11 is 0.